The zero-order valence-corrected chi connectivity index (χ0v) is 20.0. The Hall–Kier alpha value is -3.16. The van der Waals surface area contributed by atoms with Gasteiger partial charge in [-0.15, -0.1) is 0 Å². The maximum Gasteiger partial charge on any atom is 0.243 e. The van der Waals surface area contributed by atoms with Crippen molar-refractivity contribution in [2.45, 2.75) is 50.0 Å². The average molecular weight is 477 g/mol. The number of anilines is 1. The van der Waals surface area contributed by atoms with E-state index in [1.165, 1.54) is 0 Å². The Morgan fingerprint density at radius 2 is 1.85 bits per heavy atom. The Morgan fingerprint density at radius 1 is 1.06 bits per heavy atom. The summed E-state index contributed by atoms with van der Waals surface area (Å²) in [5.74, 6) is -0.187. The Kier molecular flexibility index (Phi) is 6.15. The molecule has 1 aliphatic heterocycles. The second-order valence-electron chi connectivity index (χ2n) is 8.84. The third kappa shape index (κ3) is 4.21. The minimum atomic E-state index is -3.55. The summed E-state index contributed by atoms with van der Waals surface area (Å²) in [5.41, 5.74) is 2.13. The van der Waals surface area contributed by atoms with Gasteiger partial charge in [0.15, 0.2) is 0 Å². The molecule has 1 unspecified atom stereocenters. The summed E-state index contributed by atoms with van der Waals surface area (Å²) in [5, 5.41) is 5.97. The Morgan fingerprint density at radius 3 is 2.65 bits per heavy atom. The molecule has 4 aromatic rings. The van der Waals surface area contributed by atoms with Crippen LogP contribution in [-0.4, -0.2) is 31.2 Å². The molecule has 0 bridgehead atoms. The first-order valence-corrected chi connectivity index (χ1v) is 13.2. The summed E-state index contributed by atoms with van der Waals surface area (Å²) in [4.78, 5) is 13.1. The van der Waals surface area contributed by atoms with E-state index in [2.05, 4.69) is 5.32 Å². The monoisotopic (exact) mass is 476 g/mol. The lowest BCUT2D eigenvalue weighted by molar-refractivity contribution is -0.115. The number of carbonyl (C=O) groups excluding carboxylic acids is 1. The van der Waals surface area contributed by atoms with E-state index in [4.69, 9.17) is 4.42 Å². The molecule has 1 saturated heterocycles. The zero-order valence-electron chi connectivity index (χ0n) is 19.2. The number of piperidine rings is 1. The number of nitrogens with zero attached hydrogens (tertiary/aromatic N) is 1. The van der Waals surface area contributed by atoms with Crippen LogP contribution in [0.1, 0.15) is 38.2 Å². The van der Waals surface area contributed by atoms with Crippen LogP contribution in [0.5, 0.6) is 0 Å². The van der Waals surface area contributed by atoms with Crippen molar-refractivity contribution in [3.8, 4) is 0 Å². The van der Waals surface area contributed by atoms with Crippen molar-refractivity contribution in [1.29, 1.82) is 0 Å². The molecule has 1 amide bonds. The average Bonchev–Trinajstić information content (AvgIpc) is 3.27. The molecule has 6 nitrogen and oxygen atoms in total. The molecule has 2 heterocycles. The molecule has 0 radical (unpaired) electrons. The van der Waals surface area contributed by atoms with Gasteiger partial charge >= 0.3 is 0 Å². The molecule has 176 valence electrons. The Balaban J connectivity index is 1.32. The fourth-order valence-corrected chi connectivity index (χ4v) is 6.69. The van der Waals surface area contributed by atoms with Crippen molar-refractivity contribution in [3.63, 3.8) is 0 Å². The number of furan rings is 1. The number of nitrogens with one attached hydrogen (secondary N) is 1. The van der Waals surface area contributed by atoms with E-state index in [-0.39, 0.29) is 23.3 Å². The molecular formula is C27H28N2O4S. The van der Waals surface area contributed by atoms with Gasteiger partial charge in [-0.05, 0) is 60.4 Å². The maximum absolute atomic E-state index is 13.2. The molecule has 5 rings (SSSR count). The number of hydrogen-bond acceptors (Lipinski definition) is 4. The summed E-state index contributed by atoms with van der Waals surface area (Å²) in [6.07, 6.45) is 5.47. The maximum atomic E-state index is 13.2. The van der Waals surface area contributed by atoms with E-state index in [1.807, 2.05) is 43.3 Å². The van der Waals surface area contributed by atoms with Crippen LogP contribution in [0.3, 0.4) is 0 Å². The van der Waals surface area contributed by atoms with E-state index in [1.54, 1.807) is 34.8 Å². The van der Waals surface area contributed by atoms with Crippen LogP contribution in [0.4, 0.5) is 5.69 Å². The first-order valence-electron chi connectivity index (χ1n) is 11.8. The number of hydrogen-bond donors (Lipinski definition) is 1. The van der Waals surface area contributed by atoms with Crippen LogP contribution >= 0.6 is 0 Å². The molecule has 1 atom stereocenters. The van der Waals surface area contributed by atoms with E-state index < -0.39 is 10.0 Å². The summed E-state index contributed by atoms with van der Waals surface area (Å²) in [6.45, 7) is 2.59. The van der Waals surface area contributed by atoms with Gasteiger partial charge in [0.25, 0.3) is 0 Å². The number of rotatable bonds is 6. The predicted octanol–water partition coefficient (Wildman–Crippen LogP) is 5.72. The number of fused-ring (bicyclic) bond motifs is 3. The largest absolute Gasteiger partial charge is 0.464 e. The molecule has 0 spiro atoms. The third-order valence-electron chi connectivity index (χ3n) is 6.68. The van der Waals surface area contributed by atoms with Crippen molar-refractivity contribution < 1.29 is 17.6 Å². The molecule has 1 N–H and O–H groups in total. The van der Waals surface area contributed by atoms with Crippen molar-refractivity contribution in [2.24, 2.45) is 0 Å². The van der Waals surface area contributed by atoms with Gasteiger partial charge in [0.05, 0.1) is 17.6 Å². The van der Waals surface area contributed by atoms with Gasteiger partial charge < -0.3 is 9.73 Å². The summed E-state index contributed by atoms with van der Waals surface area (Å²) >= 11 is 0. The highest BCUT2D eigenvalue weighted by Gasteiger charge is 2.32. The van der Waals surface area contributed by atoms with Gasteiger partial charge in [0.1, 0.15) is 5.58 Å². The highest BCUT2D eigenvalue weighted by Crippen LogP contribution is 2.31. The SMILES string of the molecule is CCC1CCCCN1S(=O)(=O)c1ccc(NC(=O)Cc2coc3ccc4ccccc4c23)cc1. The van der Waals surface area contributed by atoms with Crippen LogP contribution in [0.2, 0.25) is 0 Å². The lowest BCUT2D eigenvalue weighted by atomic mass is 10.0. The van der Waals surface area contributed by atoms with Gasteiger partial charge in [0, 0.05) is 29.2 Å². The minimum absolute atomic E-state index is 0.0546. The van der Waals surface area contributed by atoms with Gasteiger partial charge in [-0.2, -0.15) is 4.31 Å². The first kappa shape index (κ1) is 22.6. The molecular weight excluding hydrogens is 448 g/mol. The predicted molar refractivity (Wildman–Crippen MR) is 134 cm³/mol. The number of carbonyl (C=O) groups is 1. The Bertz CT molecular complexity index is 1440. The van der Waals surface area contributed by atoms with Crippen molar-refractivity contribution in [2.75, 3.05) is 11.9 Å². The molecule has 1 fully saturated rings. The molecule has 1 aromatic heterocycles. The fraction of sp³-hybridized carbons (Fsp3) is 0.296. The minimum Gasteiger partial charge on any atom is -0.464 e. The van der Waals surface area contributed by atoms with Gasteiger partial charge in [-0.1, -0.05) is 43.7 Å². The number of amides is 1. The summed E-state index contributed by atoms with van der Waals surface area (Å²) in [7, 11) is -3.55. The van der Waals surface area contributed by atoms with E-state index in [0.29, 0.717) is 12.2 Å². The number of sulfonamides is 1. The van der Waals surface area contributed by atoms with Crippen LogP contribution in [0.15, 0.2) is 76.2 Å². The van der Waals surface area contributed by atoms with E-state index in [0.717, 1.165) is 53.0 Å². The summed E-state index contributed by atoms with van der Waals surface area (Å²) in [6, 6.07) is 18.5. The van der Waals surface area contributed by atoms with Gasteiger partial charge in [-0.25, -0.2) is 8.42 Å². The van der Waals surface area contributed by atoms with Crippen LogP contribution in [0.25, 0.3) is 21.7 Å². The van der Waals surface area contributed by atoms with Crippen LogP contribution < -0.4 is 5.32 Å². The zero-order chi connectivity index (χ0) is 23.7. The highest BCUT2D eigenvalue weighted by atomic mass is 32.2. The van der Waals surface area contributed by atoms with Gasteiger partial charge in [-0.3, -0.25) is 4.79 Å². The molecule has 3 aromatic carbocycles. The third-order valence-corrected chi connectivity index (χ3v) is 8.65. The quantitative estimate of drug-likeness (QED) is 0.386. The van der Waals surface area contributed by atoms with Gasteiger partial charge in [0.2, 0.25) is 15.9 Å². The number of benzene rings is 3. The lowest BCUT2D eigenvalue weighted by Gasteiger charge is -2.34. The van der Waals surface area contributed by atoms with E-state index >= 15 is 0 Å². The smallest absolute Gasteiger partial charge is 0.243 e. The van der Waals surface area contributed by atoms with Crippen molar-refractivity contribution in [1.82, 2.24) is 4.31 Å². The second kappa shape index (κ2) is 9.24. The van der Waals surface area contributed by atoms with Crippen molar-refractivity contribution >= 4 is 43.4 Å². The normalized spacial score (nSPS) is 17.3. The second-order valence-corrected chi connectivity index (χ2v) is 10.7. The standard InChI is InChI=1S/C27H28N2O4S/c1-2-22-8-5-6-16-29(22)34(31,32)23-13-11-21(12-14-23)28-26(30)17-20-18-33-25-15-10-19-7-3-4-9-24(19)27(20)25/h3-4,7,9-15,18,22H,2,5-6,8,16-17H2,1H3,(H,28,30). The topological polar surface area (TPSA) is 79.6 Å². The van der Waals surface area contributed by atoms with Crippen LogP contribution in [-0.2, 0) is 21.2 Å². The Labute approximate surface area is 199 Å². The highest BCUT2D eigenvalue weighted by molar-refractivity contribution is 7.89. The van der Waals surface area contributed by atoms with E-state index in [9.17, 15) is 13.2 Å². The molecule has 34 heavy (non-hydrogen) atoms. The summed E-state index contributed by atoms with van der Waals surface area (Å²) < 4.78 is 33.6. The first-order chi connectivity index (χ1) is 16.5. The molecule has 1 aliphatic rings. The lowest BCUT2D eigenvalue weighted by Crippen LogP contribution is -2.43. The molecule has 0 aliphatic carbocycles. The molecule has 0 saturated carbocycles. The van der Waals surface area contributed by atoms with Crippen molar-refractivity contribution in [3.05, 3.63) is 72.5 Å². The fourth-order valence-electron chi connectivity index (χ4n) is 4.93. The molecule has 7 heteroatoms. The van der Waals surface area contributed by atoms with Crippen LogP contribution in [0, 0.1) is 0 Å².